The molecule has 2 amide bonds. The predicted molar refractivity (Wildman–Crippen MR) is 171 cm³/mol. The molecule has 3 aromatic carbocycles. The lowest BCUT2D eigenvalue weighted by atomic mass is 10.0. The fourth-order valence-electron chi connectivity index (χ4n) is 4.71. The number of nitrogens with zero attached hydrogens (tertiary/aromatic N) is 2. The van der Waals surface area contributed by atoms with Gasteiger partial charge in [0.1, 0.15) is 6.04 Å². The first-order valence-corrected chi connectivity index (χ1v) is 16.5. The minimum absolute atomic E-state index is 0.0554. The van der Waals surface area contributed by atoms with Gasteiger partial charge in [0.15, 0.2) is 0 Å². The Morgan fingerprint density at radius 3 is 2.24 bits per heavy atom. The van der Waals surface area contributed by atoms with Crippen molar-refractivity contribution in [2.24, 2.45) is 0 Å². The maximum Gasteiger partial charge on any atom is 0.243 e. The molecule has 0 bridgehead atoms. The van der Waals surface area contributed by atoms with Crippen molar-refractivity contribution in [1.82, 2.24) is 10.2 Å². The fourth-order valence-corrected chi connectivity index (χ4v) is 5.88. The SMILES string of the molecule is CC[C@H](C)NC(=O)[C@@H](Cc1ccccc1)N(Cc1cccc(Cl)c1)C(=O)CCCN(c1ccc(C)c(C)c1)S(C)(=O)=O. The van der Waals surface area contributed by atoms with E-state index in [1.807, 2.05) is 82.3 Å². The molecule has 7 nitrogen and oxygen atoms in total. The van der Waals surface area contributed by atoms with E-state index in [9.17, 15) is 18.0 Å². The second-order valence-corrected chi connectivity index (χ2v) is 13.2. The monoisotopic (exact) mass is 611 g/mol. The Balaban J connectivity index is 1.90. The lowest BCUT2D eigenvalue weighted by molar-refractivity contribution is -0.141. The highest BCUT2D eigenvalue weighted by Gasteiger charge is 2.31. The summed E-state index contributed by atoms with van der Waals surface area (Å²) in [5, 5.41) is 3.60. The van der Waals surface area contributed by atoms with Gasteiger partial charge in [-0.15, -0.1) is 0 Å². The van der Waals surface area contributed by atoms with Crippen LogP contribution in [-0.4, -0.2) is 50.0 Å². The van der Waals surface area contributed by atoms with Crippen LogP contribution in [0.1, 0.15) is 55.4 Å². The number of hydrogen-bond acceptors (Lipinski definition) is 4. The first-order chi connectivity index (χ1) is 19.9. The maximum atomic E-state index is 13.9. The van der Waals surface area contributed by atoms with E-state index in [0.29, 0.717) is 17.1 Å². The topological polar surface area (TPSA) is 86.8 Å². The minimum Gasteiger partial charge on any atom is -0.352 e. The number of carbonyl (C=O) groups excluding carboxylic acids is 2. The number of aryl methyl sites for hydroxylation is 2. The molecule has 0 radical (unpaired) electrons. The normalized spacial score (nSPS) is 12.8. The Labute approximate surface area is 255 Å². The smallest absolute Gasteiger partial charge is 0.243 e. The Kier molecular flexibility index (Phi) is 12.0. The third-order valence-electron chi connectivity index (χ3n) is 7.44. The van der Waals surface area contributed by atoms with Crippen LogP contribution < -0.4 is 9.62 Å². The summed E-state index contributed by atoms with van der Waals surface area (Å²) < 4.78 is 26.8. The van der Waals surface area contributed by atoms with Crippen molar-refractivity contribution in [3.63, 3.8) is 0 Å². The zero-order valence-corrected chi connectivity index (χ0v) is 26.7. The van der Waals surface area contributed by atoms with E-state index >= 15 is 0 Å². The number of hydrogen-bond donors (Lipinski definition) is 1. The quantitative estimate of drug-likeness (QED) is 0.240. The van der Waals surface area contributed by atoms with Gasteiger partial charge in [-0.1, -0.05) is 67.1 Å². The molecule has 2 atom stereocenters. The van der Waals surface area contributed by atoms with Crippen molar-refractivity contribution in [1.29, 1.82) is 0 Å². The second kappa shape index (κ2) is 15.2. The van der Waals surface area contributed by atoms with Crippen molar-refractivity contribution in [2.45, 2.75) is 72.0 Å². The molecule has 0 spiro atoms. The highest BCUT2D eigenvalue weighted by molar-refractivity contribution is 7.92. The second-order valence-electron chi connectivity index (χ2n) is 10.9. The predicted octanol–water partition coefficient (Wildman–Crippen LogP) is 6.06. The van der Waals surface area contributed by atoms with E-state index < -0.39 is 16.1 Å². The molecule has 0 fully saturated rings. The van der Waals surface area contributed by atoms with E-state index in [2.05, 4.69) is 5.32 Å². The van der Waals surface area contributed by atoms with Gasteiger partial charge >= 0.3 is 0 Å². The largest absolute Gasteiger partial charge is 0.352 e. The fraction of sp³-hybridized carbons (Fsp3) is 0.394. The van der Waals surface area contributed by atoms with Crippen molar-refractivity contribution in [2.75, 3.05) is 17.1 Å². The number of benzene rings is 3. The van der Waals surface area contributed by atoms with E-state index in [1.54, 1.807) is 23.1 Å². The number of sulfonamides is 1. The Hall–Kier alpha value is -3.36. The summed E-state index contributed by atoms with van der Waals surface area (Å²) in [6.07, 6.45) is 2.62. The summed E-state index contributed by atoms with van der Waals surface area (Å²) >= 11 is 6.26. The molecule has 0 aliphatic carbocycles. The zero-order valence-electron chi connectivity index (χ0n) is 25.1. The van der Waals surface area contributed by atoms with Crippen LogP contribution in [0.25, 0.3) is 0 Å². The summed E-state index contributed by atoms with van der Waals surface area (Å²) in [6, 6.07) is 21.6. The molecule has 0 saturated carbocycles. The van der Waals surface area contributed by atoms with Crippen LogP contribution in [0.4, 0.5) is 5.69 Å². The van der Waals surface area contributed by atoms with Crippen LogP contribution in [0.2, 0.25) is 5.02 Å². The molecule has 0 unspecified atom stereocenters. The number of carbonyl (C=O) groups is 2. The van der Waals surface area contributed by atoms with Gasteiger partial charge in [0.05, 0.1) is 11.9 Å². The standard InChI is InChI=1S/C33H42ClN3O4S/c1-6-26(4)35-33(39)31(22-27-12-8-7-9-13-27)36(23-28-14-10-15-29(34)21-28)32(38)16-11-19-37(42(5,40)41)30-18-17-24(2)25(3)20-30/h7-10,12-15,17-18,20-21,26,31H,6,11,16,19,22-23H2,1-5H3,(H,35,39)/t26-,31+/m0/s1. The molecule has 3 aromatic rings. The highest BCUT2D eigenvalue weighted by Crippen LogP contribution is 2.23. The molecule has 226 valence electrons. The lowest BCUT2D eigenvalue weighted by Crippen LogP contribution is -2.52. The Morgan fingerprint density at radius 2 is 1.62 bits per heavy atom. The van der Waals surface area contributed by atoms with E-state index in [4.69, 9.17) is 11.6 Å². The van der Waals surface area contributed by atoms with E-state index in [-0.39, 0.29) is 43.8 Å². The number of halogens is 1. The number of anilines is 1. The van der Waals surface area contributed by atoms with Gasteiger partial charge in [-0.2, -0.15) is 0 Å². The van der Waals surface area contributed by atoms with Crippen LogP contribution in [0.15, 0.2) is 72.8 Å². The lowest BCUT2D eigenvalue weighted by Gasteiger charge is -2.33. The zero-order chi connectivity index (χ0) is 30.9. The van der Waals surface area contributed by atoms with Gasteiger partial charge in [-0.05, 0) is 80.1 Å². The van der Waals surface area contributed by atoms with Crippen LogP contribution in [0.5, 0.6) is 0 Å². The van der Waals surface area contributed by atoms with Gasteiger partial charge in [-0.3, -0.25) is 13.9 Å². The van der Waals surface area contributed by atoms with Crippen molar-refractivity contribution < 1.29 is 18.0 Å². The summed E-state index contributed by atoms with van der Waals surface area (Å²) in [7, 11) is -3.58. The Morgan fingerprint density at radius 1 is 0.929 bits per heavy atom. The molecule has 42 heavy (non-hydrogen) atoms. The van der Waals surface area contributed by atoms with Crippen LogP contribution in [-0.2, 0) is 32.6 Å². The highest BCUT2D eigenvalue weighted by atomic mass is 35.5. The van der Waals surface area contributed by atoms with Crippen LogP contribution >= 0.6 is 11.6 Å². The molecule has 0 aromatic heterocycles. The van der Waals surface area contributed by atoms with Crippen LogP contribution in [0, 0.1) is 13.8 Å². The first kappa shape index (κ1) is 33.1. The van der Waals surface area contributed by atoms with Crippen molar-refractivity contribution in [3.05, 3.63) is 100 Å². The molecular formula is C33H42ClN3O4S. The van der Waals surface area contributed by atoms with Gasteiger partial charge < -0.3 is 10.2 Å². The molecule has 0 heterocycles. The van der Waals surface area contributed by atoms with Crippen molar-refractivity contribution in [3.8, 4) is 0 Å². The molecule has 0 aliphatic rings. The molecule has 3 rings (SSSR count). The third-order valence-corrected chi connectivity index (χ3v) is 8.87. The average Bonchev–Trinajstić information content (AvgIpc) is 2.94. The summed E-state index contributed by atoms with van der Waals surface area (Å²) in [6.45, 7) is 8.18. The summed E-state index contributed by atoms with van der Waals surface area (Å²) in [5.41, 5.74) is 4.36. The molecular weight excluding hydrogens is 570 g/mol. The summed E-state index contributed by atoms with van der Waals surface area (Å²) in [5.74, 6) is -0.458. The molecule has 0 aliphatic heterocycles. The van der Waals surface area contributed by atoms with Crippen molar-refractivity contribution >= 4 is 39.1 Å². The van der Waals surface area contributed by atoms with Gasteiger partial charge in [0.2, 0.25) is 21.8 Å². The van der Waals surface area contributed by atoms with E-state index in [0.717, 1.165) is 28.7 Å². The Bertz CT molecular complexity index is 1460. The minimum atomic E-state index is -3.58. The van der Waals surface area contributed by atoms with E-state index in [1.165, 1.54) is 10.6 Å². The van der Waals surface area contributed by atoms with Gasteiger partial charge in [0, 0.05) is 37.0 Å². The van der Waals surface area contributed by atoms with Gasteiger partial charge in [0.25, 0.3) is 0 Å². The first-order valence-electron chi connectivity index (χ1n) is 14.3. The average molecular weight is 612 g/mol. The number of amides is 2. The maximum absolute atomic E-state index is 13.9. The van der Waals surface area contributed by atoms with Gasteiger partial charge in [-0.25, -0.2) is 8.42 Å². The molecule has 0 saturated heterocycles. The molecule has 9 heteroatoms. The van der Waals surface area contributed by atoms with Crippen LogP contribution in [0.3, 0.4) is 0 Å². The number of rotatable bonds is 14. The third kappa shape index (κ3) is 9.60. The number of nitrogens with one attached hydrogen (secondary N) is 1. The summed E-state index contributed by atoms with van der Waals surface area (Å²) in [4.78, 5) is 29.2. The molecule has 1 N–H and O–H groups in total.